The van der Waals surface area contributed by atoms with Gasteiger partial charge in [-0.05, 0) is 19.3 Å². The fraction of sp³-hybridized carbons (Fsp3) is 0.917. The van der Waals surface area contributed by atoms with E-state index < -0.39 is 9.84 Å². The molecule has 0 radical (unpaired) electrons. The number of nitrogens with zero attached hydrogens (tertiary/aromatic N) is 1. The van der Waals surface area contributed by atoms with Crippen molar-refractivity contribution in [1.82, 2.24) is 4.90 Å². The Morgan fingerprint density at radius 1 is 1.42 bits per heavy atom. The third-order valence-corrected chi connectivity index (χ3v) is 5.51. The van der Waals surface area contributed by atoms with Gasteiger partial charge in [-0.3, -0.25) is 4.79 Å². The highest BCUT2D eigenvalue weighted by atomic mass is 32.2. The van der Waals surface area contributed by atoms with Crippen LogP contribution in [0.2, 0.25) is 0 Å². The molecular formula is C12H21NO5S. The largest absolute Gasteiger partial charge is 0.394 e. The summed E-state index contributed by atoms with van der Waals surface area (Å²) in [4.78, 5) is 13.8. The number of carbonyl (C=O) groups excluding carboxylic acids is 1. The second-order valence-electron chi connectivity index (χ2n) is 5.52. The molecule has 0 aromatic heterocycles. The van der Waals surface area contributed by atoms with Crippen LogP contribution in [-0.4, -0.2) is 67.7 Å². The summed E-state index contributed by atoms with van der Waals surface area (Å²) in [6.07, 6.45) is 0.434. The predicted molar refractivity (Wildman–Crippen MR) is 69.4 cm³/mol. The molecule has 2 saturated heterocycles. The Labute approximate surface area is 113 Å². The van der Waals surface area contributed by atoms with Gasteiger partial charge in [0.05, 0.1) is 30.3 Å². The molecular weight excluding hydrogens is 270 g/mol. The Hall–Kier alpha value is -0.660. The number of amides is 1. The number of aliphatic hydroxyl groups is 1. The molecule has 0 aliphatic carbocycles. The summed E-state index contributed by atoms with van der Waals surface area (Å²) in [5.41, 5.74) is 0. The Kier molecular flexibility index (Phi) is 4.47. The Balaban J connectivity index is 1.89. The number of aliphatic hydroxyl groups excluding tert-OH is 1. The van der Waals surface area contributed by atoms with Gasteiger partial charge in [0.2, 0.25) is 5.91 Å². The number of sulfone groups is 1. The minimum atomic E-state index is -2.93. The van der Waals surface area contributed by atoms with Gasteiger partial charge < -0.3 is 14.7 Å². The number of hydrogen-bond acceptors (Lipinski definition) is 5. The Bertz CT molecular complexity index is 435. The normalized spacial score (nSPS) is 34.4. The lowest BCUT2D eigenvalue weighted by molar-refractivity contribution is -0.147. The van der Waals surface area contributed by atoms with Crippen molar-refractivity contribution in [3.05, 3.63) is 0 Å². The Morgan fingerprint density at radius 3 is 2.74 bits per heavy atom. The second-order valence-corrected chi connectivity index (χ2v) is 7.75. The summed E-state index contributed by atoms with van der Waals surface area (Å²) < 4.78 is 28.2. The maximum atomic E-state index is 12.2. The highest BCUT2D eigenvalue weighted by molar-refractivity contribution is 7.91. The van der Waals surface area contributed by atoms with E-state index in [2.05, 4.69) is 0 Å². The summed E-state index contributed by atoms with van der Waals surface area (Å²) >= 11 is 0. The average Bonchev–Trinajstić information content (AvgIpc) is 2.67. The first-order chi connectivity index (χ1) is 8.89. The number of carbonyl (C=O) groups is 1. The molecule has 3 unspecified atom stereocenters. The molecule has 110 valence electrons. The van der Waals surface area contributed by atoms with E-state index in [1.54, 1.807) is 4.90 Å². The molecule has 7 heteroatoms. The van der Waals surface area contributed by atoms with Crippen LogP contribution in [0.4, 0.5) is 0 Å². The molecule has 19 heavy (non-hydrogen) atoms. The Morgan fingerprint density at radius 2 is 2.16 bits per heavy atom. The van der Waals surface area contributed by atoms with Crippen molar-refractivity contribution in [2.24, 2.45) is 5.92 Å². The third kappa shape index (κ3) is 3.90. The fourth-order valence-corrected chi connectivity index (χ4v) is 4.62. The van der Waals surface area contributed by atoms with Crippen molar-refractivity contribution in [1.29, 1.82) is 0 Å². The van der Waals surface area contributed by atoms with Crippen molar-refractivity contribution >= 4 is 15.7 Å². The first-order valence-corrected chi connectivity index (χ1v) is 8.46. The van der Waals surface area contributed by atoms with Crippen LogP contribution in [-0.2, 0) is 19.4 Å². The summed E-state index contributed by atoms with van der Waals surface area (Å²) in [7, 11) is -2.93. The van der Waals surface area contributed by atoms with Gasteiger partial charge >= 0.3 is 0 Å². The highest BCUT2D eigenvalue weighted by Crippen LogP contribution is 2.23. The predicted octanol–water partition coefficient (Wildman–Crippen LogP) is -0.581. The molecule has 2 aliphatic rings. The maximum Gasteiger partial charge on any atom is 0.223 e. The van der Waals surface area contributed by atoms with Gasteiger partial charge in [0.25, 0.3) is 0 Å². The first kappa shape index (κ1) is 14.7. The molecule has 2 fully saturated rings. The van der Waals surface area contributed by atoms with Crippen LogP contribution in [0, 0.1) is 5.92 Å². The molecule has 3 atom stereocenters. The van der Waals surface area contributed by atoms with Gasteiger partial charge in [0.1, 0.15) is 0 Å². The van der Waals surface area contributed by atoms with Crippen LogP contribution in [0.25, 0.3) is 0 Å². The zero-order valence-electron chi connectivity index (χ0n) is 11.1. The summed E-state index contributed by atoms with van der Waals surface area (Å²) in [6.45, 7) is 2.65. The standard InChI is InChI=1S/C12H21NO5S/c1-9-5-13(6-11(7-14)18-9)12(15)4-10-2-3-19(16,17)8-10/h9-11,14H,2-8H2,1H3. The van der Waals surface area contributed by atoms with Crippen molar-refractivity contribution in [2.75, 3.05) is 31.2 Å². The number of rotatable bonds is 3. The number of hydrogen-bond donors (Lipinski definition) is 1. The molecule has 6 nitrogen and oxygen atoms in total. The topological polar surface area (TPSA) is 83.9 Å². The monoisotopic (exact) mass is 291 g/mol. The summed E-state index contributed by atoms with van der Waals surface area (Å²) in [5, 5.41) is 9.12. The van der Waals surface area contributed by atoms with Gasteiger partial charge in [-0.15, -0.1) is 0 Å². The molecule has 0 aromatic rings. The van der Waals surface area contributed by atoms with Crippen LogP contribution in [0.3, 0.4) is 0 Å². The average molecular weight is 291 g/mol. The lowest BCUT2D eigenvalue weighted by atomic mass is 10.0. The van der Waals surface area contributed by atoms with Crippen LogP contribution in [0.1, 0.15) is 19.8 Å². The molecule has 0 spiro atoms. The molecule has 0 saturated carbocycles. The lowest BCUT2D eigenvalue weighted by Gasteiger charge is -2.36. The number of morpholine rings is 1. The molecule has 2 aliphatic heterocycles. The summed E-state index contributed by atoms with van der Waals surface area (Å²) in [6, 6.07) is 0. The van der Waals surface area contributed by atoms with E-state index in [-0.39, 0.29) is 48.6 Å². The molecule has 2 heterocycles. The minimum Gasteiger partial charge on any atom is -0.394 e. The summed E-state index contributed by atoms with van der Waals surface area (Å²) in [5.74, 6) is 0.241. The van der Waals surface area contributed by atoms with Crippen LogP contribution in [0.5, 0.6) is 0 Å². The van der Waals surface area contributed by atoms with Gasteiger partial charge in [-0.2, -0.15) is 0 Å². The lowest BCUT2D eigenvalue weighted by Crippen LogP contribution is -2.50. The first-order valence-electron chi connectivity index (χ1n) is 6.64. The van der Waals surface area contributed by atoms with Gasteiger partial charge in [0.15, 0.2) is 9.84 Å². The maximum absolute atomic E-state index is 12.2. The van der Waals surface area contributed by atoms with Gasteiger partial charge in [-0.25, -0.2) is 8.42 Å². The van der Waals surface area contributed by atoms with Gasteiger partial charge in [-0.1, -0.05) is 0 Å². The molecule has 1 amide bonds. The minimum absolute atomic E-state index is 0.0318. The van der Waals surface area contributed by atoms with E-state index in [1.165, 1.54) is 0 Å². The van der Waals surface area contributed by atoms with Gasteiger partial charge in [0, 0.05) is 19.5 Å². The third-order valence-electron chi connectivity index (χ3n) is 3.67. The highest BCUT2D eigenvalue weighted by Gasteiger charge is 2.33. The van der Waals surface area contributed by atoms with Crippen molar-refractivity contribution in [2.45, 2.75) is 32.0 Å². The van der Waals surface area contributed by atoms with E-state index in [0.29, 0.717) is 19.5 Å². The van der Waals surface area contributed by atoms with Crippen molar-refractivity contribution in [3.63, 3.8) is 0 Å². The smallest absolute Gasteiger partial charge is 0.223 e. The zero-order chi connectivity index (χ0) is 14.0. The van der Waals surface area contributed by atoms with Crippen molar-refractivity contribution in [3.8, 4) is 0 Å². The SMILES string of the molecule is CC1CN(C(=O)CC2CCS(=O)(=O)C2)CC(CO)O1. The quantitative estimate of drug-likeness (QED) is 0.752. The van der Waals surface area contributed by atoms with Crippen molar-refractivity contribution < 1.29 is 23.1 Å². The van der Waals surface area contributed by atoms with E-state index in [1.807, 2.05) is 6.92 Å². The molecule has 1 N–H and O–H groups in total. The van der Waals surface area contributed by atoms with E-state index in [0.717, 1.165) is 0 Å². The molecule has 0 bridgehead atoms. The van der Waals surface area contributed by atoms with Crippen LogP contribution in [0.15, 0.2) is 0 Å². The molecule has 2 rings (SSSR count). The van der Waals surface area contributed by atoms with Crippen LogP contribution < -0.4 is 0 Å². The second kappa shape index (κ2) is 5.76. The van der Waals surface area contributed by atoms with E-state index in [4.69, 9.17) is 9.84 Å². The van der Waals surface area contributed by atoms with E-state index >= 15 is 0 Å². The van der Waals surface area contributed by atoms with Crippen LogP contribution >= 0.6 is 0 Å². The van der Waals surface area contributed by atoms with E-state index in [9.17, 15) is 13.2 Å². The zero-order valence-corrected chi connectivity index (χ0v) is 11.9. The molecule has 0 aromatic carbocycles. The fourth-order valence-electron chi connectivity index (χ4n) is 2.76. The number of ether oxygens (including phenoxy) is 1.